The van der Waals surface area contributed by atoms with E-state index in [4.69, 9.17) is 4.74 Å². The first kappa shape index (κ1) is 23.8. The summed E-state index contributed by atoms with van der Waals surface area (Å²) in [6.07, 6.45) is 0.292. The SMILES string of the molecule is CN(C)C[C@H](NC(=O)OCC1c2ccccc2-c2ccccc21)C(=O)N1CCC[C@]1(C)C(=O)O. The van der Waals surface area contributed by atoms with E-state index in [0.29, 0.717) is 19.4 Å². The number of aliphatic carboxylic acids is 1. The van der Waals surface area contributed by atoms with E-state index >= 15 is 0 Å². The highest BCUT2D eigenvalue weighted by Gasteiger charge is 2.47. The first-order valence-electron chi connectivity index (χ1n) is 11.5. The van der Waals surface area contributed by atoms with Gasteiger partial charge in [-0.3, -0.25) is 4.79 Å². The Balaban J connectivity index is 1.46. The molecule has 2 aromatic rings. The summed E-state index contributed by atoms with van der Waals surface area (Å²) in [6.45, 7) is 2.27. The van der Waals surface area contributed by atoms with Gasteiger partial charge in [-0.1, -0.05) is 48.5 Å². The molecule has 1 heterocycles. The maximum Gasteiger partial charge on any atom is 0.407 e. The average Bonchev–Trinajstić information content (AvgIpc) is 3.35. The fraction of sp³-hybridized carbons (Fsp3) is 0.423. The Bertz CT molecular complexity index is 1060. The van der Waals surface area contributed by atoms with Crippen LogP contribution in [0.2, 0.25) is 0 Å². The van der Waals surface area contributed by atoms with Crippen molar-refractivity contribution < 1.29 is 24.2 Å². The number of benzene rings is 2. The van der Waals surface area contributed by atoms with Gasteiger partial charge < -0.3 is 25.0 Å². The molecule has 1 aliphatic carbocycles. The molecular weight excluding hydrogens is 434 g/mol. The van der Waals surface area contributed by atoms with Gasteiger partial charge in [-0.2, -0.15) is 0 Å². The molecular formula is C26H31N3O5. The first-order valence-corrected chi connectivity index (χ1v) is 11.5. The summed E-state index contributed by atoms with van der Waals surface area (Å²) in [4.78, 5) is 41.1. The first-order chi connectivity index (χ1) is 16.2. The number of alkyl carbamates (subject to hydrolysis) is 1. The molecule has 34 heavy (non-hydrogen) atoms. The number of amides is 2. The fourth-order valence-electron chi connectivity index (χ4n) is 5.06. The van der Waals surface area contributed by atoms with Crippen molar-refractivity contribution in [3.05, 3.63) is 59.7 Å². The third-order valence-electron chi connectivity index (χ3n) is 6.85. The zero-order valence-electron chi connectivity index (χ0n) is 19.8. The summed E-state index contributed by atoms with van der Waals surface area (Å²) in [7, 11) is 3.58. The lowest BCUT2D eigenvalue weighted by molar-refractivity contribution is -0.156. The minimum absolute atomic E-state index is 0.0879. The number of carbonyl (C=O) groups excluding carboxylic acids is 2. The van der Waals surface area contributed by atoms with Crippen LogP contribution in [0.15, 0.2) is 48.5 Å². The quantitative estimate of drug-likeness (QED) is 0.652. The summed E-state index contributed by atoms with van der Waals surface area (Å²) < 4.78 is 5.61. The van der Waals surface area contributed by atoms with E-state index in [1.165, 1.54) is 4.90 Å². The van der Waals surface area contributed by atoms with Crippen LogP contribution in [0.4, 0.5) is 4.79 Å². The molecule has 1 fully saturated rings. The topological polar surface area (TPSA) is 99.2 Å². The number of hydrogen-bond donors (Lipinski definition) is 2. The number of nitrogens with zero attached hydrogens (tertiary/aromatic N) is 2. The summed E-state index contributed by atoms with van der Waals surface area (Å²) in [5.74, 6) is -1.54. The molecule has 8 nitrogen and oxygen atoms in total. The molecule has 0 bridgehead atoms. The molecule has 0 spiro atoms. The maximum absolute atomic E-state index is 13.3. The van der Waals surface area contributed by atoms with Crippen molar-refractivity contribution >= 4 is 18.0 Å². The Kier molecular flexibility index (Phi) is 6.61. The number of hydrogen-bond acceptors (Lipinski definition) is 5. The molecule has 0 aromatic heterocycles. The standard InChI is InChI=1S/C26H31N3O5/c1-26(24(31)32)13-8-14-29(26)23(30)22(15-28(2)3)27-25(33)34-16-21-19-11-6-4-9-17(19)18-10-5-7-12-20(18)21/h4-7,9-12,21-22H,8,13-16H2,1-3H3,(H,27,33)(H,31,32)/t22-,26+/m0/s1. The number of likely N-dealkylation sites (tertiary alicyclic amines) is 1. The Morgan fingerprint density at radius 3 is 2.26 bits per heavy atom. The summed E-state index contributed by atoms with van der Waals surface area (Å²) in [5, 5.41) is 12.4. The van der Waals surface area contributed by atoms with Gasteiger partial charge in [0.2, 0.25) is 5.91 Å². The summed E-state index contributed by atoms with van der Waals surface area (Å²) in [6, 6.07) is 15.2. The highest BCUT2D eigenvalue weighted by molar-refractivity contribution is 5.92. The van der Waals surface area contributed by atoms with Crippen LogP contribution in [0.5, 0.6) is 0 Å². The van der Waals surface area contributed by atoms with Crippen molar-refractivity contribution in [3.63, 3.8) is 0 Å². The largest absolute Gasteiger partial charge is 0.480 e. The van der Waals surface area contributed by atoms with Crippen molar-refractivity contribution in [2.75, 3.05) is 33.8 Å². The van der Waals surface area contributed by atoms with Gasteiger partial charge in [0.15, 0.2) is 0 Å². The lowest BCUT2D eigenvalue weighted by Gasteiger charge is -2.34. The second kappa shape index (κ2) is 9.46. The molecule has 4 rings (SSSR count). The van der Waals surface area contributed by atoms with Crippen LogP contribution in [0, 0.1) is 0 Å². The highest BCUT2D eigenvalue weighted by atomic mass is 16.5. The van der Waals surface area contributed by atoms with E-state index in [1.807, 2.05) is 36.4 Å². The molecule has 1 saturated heterocycles. The average molecular weight is 466 g/mol. The van der Waals surface area contributed by atoms with Crippen LogP contribution in [-0.2, 0) is 14.3 Å². The van der Waals surface area contributed by atoms with Crippen molar-refractivity contribution in [3.8, 4) is 11.1 Å². The third-order valence-corrected chi connectivity index (χ3v) is 6.85. The van der Waals surface area contributed by atoms with Crippen molar-refractivity contribution in [2.24, 2.45) is 0 Å². The predicted molar refractivity (Wildman–Crippen MR) is 128 cm³/mol. The smallest absolute Gasteiger partial charge is 0.407 e. The van der Waals surface area contributed by atoms with Gasteiger partial charge in [0.1, 0.15) is 18.2 Å². The minimum Gasteiger partial charge on any atom is -0.480 e. The molecule has 0 saturated carbocycles. The van der Waals surface area contributed by atoms with E-state index in [-0.39, 0.29) is 19.1 Å². The number of rotatable bonds is 7. The van der Waals surface area contributed by atoms with Crippen LogP contribution >= 0.6 is 0 Å². The fourth-order valence-corrected chi connectivity index (χ4v) is 5.06. The molecule has 180 valence electrons. The molecule has 0 radical (unpaired) electrons. The number of carboxylic acid groups (broad SMARTS) is 1. The van der Waals surface area contributed by atoms with E-state index in [0.717, 1.165) is 22.3 Å². The molecule has 8 heteroatoms. The number of carboxylic acids is 1. The van der Waals surface area contributed by atoms with Gasteiger partial charge in [0.25, 0.3) is 0 Å². The Morgan fingerprint density at radius 1 is 1.12 bits per heavy atom. The van der Waals surface area contributed by atoms with Gasteiger partial charge in [-0.25, -0.2) is 9.59 Å². The lowest BCUT2D eigenvalue weighted by atomic mass is 9.98. The molecule has 0 unspecified atom stereocenters. The van der Waals surface area contributed by atoms with Gasteiger partial charge >= 0.3 is 12.1 Å². The van der Waals surface area contributed by atoms with Crippen molar-refractivity contribution in [2.45, 2.75) is 37.3 Å². The van der Waals surface area contributed by atoms with Crippen LogP contribution in [0.1, 0.15) is 36.8 Å². The second-order valence-electron chi connectivity index (χ2n) is 9.46. The van der Waals surface area contributed by atoms with Crippen LogP contribution in [0.25, 0.3) is 11.1 Å². The van der Waals surface area contributed by atoms with E-state index in [1.54, 1.807) is 25.9 Å². The number of ether oxygens (including phenoxy) is 1. The minimum atomic E-state index is -1.27. The second-order valence-corrected chi connectivity index (χ2v) is 9.46. The summed E-state index contributed by atoms with van der Waals surface area (Å²) >= 11 is 0. The predicted octanol–water partition coefficient (Wildman–Crippen LogP) is 2.92. The van der Waals surface area contributed by atoms with Crippen LogP contribution < -0.4 is 5.32 Å². The van der Waals surface area contributed by atoms with E-state index in [9.17, 15) is 19.5 Å². The zero-order chi connectivity index (χ0) is 24.5. The molecule has 2 atom stereocenters. The Labute approximate surface area is 199 Å². The number of likely N-dealkylation sites (N-methyl/N-ethyl adjacent to an activating group) is 1. The molecule has 2 aliphatic rings. The zero-order valence-corrected chi connectivity index (χ0v) is 19.8. The third kappa shape index (κ3) is 4.37. The lowest BCUT2D eigenvalue weighted by Crippen LogP contribution is -2.59. The molecule has 1 aliphatic heterocycles. The molecule has 2 amide bonds. The van der Waals surface area contributed by atoms with Gasteiger partial charge in [-0.05, 0) is 56.1 Å². The van der Waals surface area contributed by atoms with Crippen molar-refractivity contribution in [1.82, 2.24) is 15.1 Å². The van der Waals surface area contributed by atoms with Crippen molar-refractivity contribution in [1.29, 1.82) is 0 Å². The summed E-state index contributed by atoms with van der Waals surface area (Å²) in [5.41, 5.74) is 3.20. The van der Waals surface area contributed by atoms with Crippen LogP contribution in [-0.4, -0.2) is 78.2 Å². The van der Waals surface area contributed by atoms with Gasteiger partial charge in [0, 0.05) is 19.0 Å². The number of nitrogens with one attached hydrogen (secondary N) is 1. The van der Waals surface area contributed by atoms with E-state index in [2.05, 4.69) is 17.4 Å². The van der Waals surface area contributed by atoms with E-state index < -0.39 is 29.6 Å². The Hall–Kier alpha value is -3.39. The molecule has 2 N–H and O–H groups in total. The van der Waals surface area contributed by atoms with Gasteiger partial charge in [0.05, 0.1) is 0 Å². The molecule has 2 aromatic carbocycles. The monoisotopic (exact) mass is 465 g/mol. The maximum atomic E-state index is 13.3. The van der Waals surface area contributed by atoms with Gasteiger partial charge in [-0.15, -0.1) is 0 Å². The Morgan fingerprint density at radius 2 is 1.71 bits per heavy atom. The number of carbonyl (C=O) groups is 3. The number of fused-ring (bicyclic) bond motifs is 3. The normalized spacial score (nSPS) is 20.1. The van der Waals surface area contributed by atoms with Crippen LogP contribution in [0.3, 0.4) is 0 Å². The highest BCUT2D eigenvalue weighted by Crippen LogP contribution is 2.44.